The van der Waals surface area contributed by atoms with Crippen LogP contribution in [0.5, 0.6) is 23.0 Å². The Morgan fingerprint density at radius 3 is 2.75 bits per heavy atom. The van der Waals surface area contributed by atoms with Gasteiger partial charge in [-0.3, -0.25) is 0 Å². The highest BCUT2D eigenvalue weighted by molar-refractivity contribution is 5.55. The third kappa shape index (κ3) is 3.85. The van der Waals surface area contributed by atoms with Crippen molar-refractivity contribution in [3.05, 3.63) is 66.2 Å². The normalized spacial score (nSPS) is 15.5. The minimum atomic E-state index is -2.85. The molecule has 8 heteroatoms. The van der Waals surface area contributed by atoms with Gasteiger partial charge in [0.2, 0.25) is 5.75 Å². The fourth-order valence-electron chi connectivity index (χ4n) is 3.06. The first-order valence-electron chi connectivity index (χ1n) is 8.63. The van der Waals surface area contributed by atoms with Crippen LogP contribution < -0.4 is 18.9 Å². The van der Waals surface area contributed by atoms with Gasteiger partial charge < -0.3 is 23.5 Å². The van der Waals surface area contributed by atoms with Crippen LogP contribution in [0.15, 0.2) is 55.1 Å². The van der Waals surface area contributed by atoms with Crippen molar-refractivity contribution in [1.82, 2.24) is 9.55 Å². The molecule has 0 aliphatic carbocycles. The van der Waals surface area contributed by atoms with Crippen LogP contribution in [0, 0.1) is 0 Å². The molecule has 1 aromatic heterocycles. The quantitative estimate of drug-likeness (QED) is 0.638. The molecule has 1 aliphatic heterocycles. The lowest BCUT2D eigenvalue weighted by Gasteiger charge is -2.28. The number of benzene rings is 2. The molecule has 0 spiro atoms. The maximum absolute atomic E-state index is 12.3. The largest absolute Gasteiger partial charge is 0.493 e. The van der Waals surface area contributed by atoms with Gasteiger partial charge in [-0.25, -0.2) is 4.98 Å². The van der Waals surface area contributed by atoms with E-state index in [2.05, 4.69) is 9.72 Å². The highest BCUT2D eigenvalue weighted by Crippen LogP contribution is 2.44. The molecule has 4 rings (SSSR count). The van der Waals surface area contributed by atoms with E-state index in [9.17, 15) is 8.78 Å². The highest BCUT2D eigenvalue weighted by Gasteiger charge is 2.26. The van der Waals surface area contributed by atoms with E-state index in [0.717, 1.165) is 11.1 Å². The van der Waals surface area contributed by atoms with Crippen molar-refractivity contribution in [1.29, 1.82) is 0 Å². The van der Waals surface area contributed by atoms with Crippen molar-refractivity contribution < 1.29 is 27.7 Å². The molecule has 6 nitrogen and oxygen atoms in total. The molecule has 0 N–H and O–H groups in total. The predicted molar refractivity (Wildman–Crippen MR) is 96.3 cm³/mol. The third-order valence-electron chi connectivity index (χ3n) is 4.35. The van der Waals surface area contributed by atoms with Crippen molar-refractivity contribution in [2.24, 2.45) is 0 Å². The minimum absolute atomic E-state index is 0.0950. The van der Waals surface area contributed by atoms with E-state index in [0.29, 0.717) is 30.4 Å². The van der Waals surface area contributed by atoms with E-state index < -0.39 is 6.61 Å². The van der Waals surface area contributed by atoms with Gasteiger partial charge in [0.1, 0.15) is 12.4 Å². The third-order valence-corrected chi connectivity index (χ3v) is 4.35. The second kappa shape index (κ2) is 7.75. The van der Waals surface area contributed by atoms with Gasteiger partial charge in [0.05, 0.1) is 13.4 Å². The monoisotopic (exact) mass is 388 g/mol. The first-order valence-corrected chi connectivity index (χ1v) is 8.63. The van der Waals surface area contributed by atoms with Crippen LogP contribution >= 0.6 is 0 Å². The van der Waals surface area contributed by atoms with Gasteiger partial charge in [0, 0.05) is 18.9 Å². The lowest BCUT2D eigenvalue weighted by atomic mass is 10.1. The number of hydrogen-bond acceptors (Lipinski definition) is 5. The second-order valence-corrected chi connectivity index (χ2v) is 6.23. The molecule has 0 amide bonds. The summed E-state index contributed by atoms with van der Waals surface area (Å²) in [6.45, 7) is -1.94. The van der Waals surface area contributed by atoms with Gasteiger partial charge in [0.25, 0.3) is 0 Å². The molecule has 0 saturated heterocycles. The van der Waals surface area contributed by atoms with E-state index in [4.69, 9.17) is 14.2 Å². The van der Waals surface area contributed by atoms with Crippen LogP contribution in [0.4, 0.5) is 8.78 Å². The zero-order valence-electron chi connectivity index (χ0n) is 15.0. The van der Waals surface area contributed by atoms with Crippen LogP contribution in [0.3, 0.4) is 0 Å². The maximum atomic E-state index is 12.3. The van der Waals surface area contributed by atoms with Crippen molar-refractivity contribution in [2.45, 2.75) is 19.3 Å². The number of rotatable bonds is 6. The fourth-order valence-corrected chi connectivity index (χ4v) is 3.06. The number of alkyl halides is 2. The second-order valence-electron chi connectivity index (χ2n) is 6.23. The summed E-state index contributed by atoms with van der Waals surface area (Å²) in [5.41, 5.74) is 1.78. The minimum Gasteiger partial charge on any atom is -0.493 e. The Bertz CT molecular complexity index is 913. The van der Waals surface area contributed by atoms with Gasteiger partial charge in [0.15, 0.2) is 17.6 Å². The summed E-state index contributed by atoms with van der Waals surface area (Å²) in [7, 11) is 1.57. The molecule has 0 bridgehead atoms. The number of hydrogen-bond donors (Lipinski definition) is 0. The first kappa shape index (κ1) is 18.1. The molecule has 2 aromatic carbocycles. The summed E-state index contributed by atoms with van der Waals surface area (Å²) in [4.78, 5) is 4.04. The Labute approximate surface area is 160 Å². The Morgan fingerprint density at radius 1 is 1.25 bits per heavy atom. The van der Waals surface area contributed by atoms with Crippen molar-refractivity contribution in [3.8, 4) is 23.0 Å². The number of methoxy groups -OCH3 is 1. The molecular weight excluding hydrogens is 370 g/mol. The van der Waals surface area contributed by atoms with E-state index >= 15 is 0 Å². The zero-order valence-corrected chi connectivity index (χ0v) is 15.0. The van der Waals surface area contributed by atoms with Crippen molar-refractivity contribution >= 4 is 0 Å². The van der Waals surface area contributed by atoms with Crippen molar-refractivity contribution in [3.63, 3.8) is 0 Å². The standard InChI is InChI=1S/C20H18F2N2O4/c1-25-16-8-13(10-24-7-6-23-12-24)9-17-19(16)28-18(11-26-17)14-2-4-15(5-3-14)27-20(21)22/h2-9,12,18,20H,10-11H2,1H3. The van der Waals surface area contributed by atoms with Crippen molar-refractivity contribution in [2.75, 3.05) is 13.7 Å². The summed E-state index contributed by atoms with van der Waals surface area (Å²) in [6.07, 6.45) is 4.94. The highest BCUT2D eigenvalue weighted by atomic mass is 19.3. The Balaban J connectivity index is 1.54. The molecule has 0 radical (unpaired) electrons. The van der Waals surface area contributed by atoms with E-state index in [1.165, 1.54) is 12.1 Å². The number of fused-ring (bicyclic) bond motifs is 1. The fraction of sp³-hybridized carbons (Fsp3) is 0.250. The van der Waals surface area contributed by atoms with E-state index in [1.807, 2.05) is 22.9 Å². The molecule has 0 fully saturated rings. The Hall–Kier alpha value is -3.29. The molecule has 1 aliphatic rings. The smallest absolute Gasteiger partial charge is 0.387 e. The molecule has 0 saturated carbocycles. The van der Waals surface area contributed by atoms with Gasteiger partial charge in [-0.2, -0.15) is 8.78 Å². The van der Waals surface area contributed by atoms with Gasteiger partial charge in [-0.1, -0.05) is 12.1 Å². The molecule has 2 heterocycles. The summed E-state index contributed by atoms with van der Waals surface area (Å²) >= 11 is 0. The Morgan fingerprint density at radius 2 is 2.07 bits per heavy atom. The van der Waals surface area contributed by atoms with Crippen LogP contribution in [-0.2, 0) is 6.54 Å². The van der Waals surface area contributed by atoms with Gasteiger partial charge in [-0.15, -0.1) is 0 Å². The first-order chi connectivity index (χ1) is 13.6. The molecule has 3 aromatic rings. The average Bonchev–Trinajstić information content (AvgIpc) is 3.20. The average molecular weight is 388 g/mol. The topological polar surface area (TPSA) is 54.7 Å². The Kier molecular flexibility index (Phi) is 5.01. The van der Waals surface area contributed by atoms with E-state index in [1.54, 1.807) is 31.8 Å². The number of ether oxygens (including phenoxy) is 4. The van der Waals surface area contributed by atoms with Crippen LogP contribution in [0.25, 0.3) is 0 Å². The predicted octanol–water partition coefficient (Wildman–Crippen LogP) is 4.05. The lowest BCUT2D eigenvalue weighted by Crippen LogP contribution is -2.22. The molecular formula is C20H18F2N2O4. The maximum Gasteiger partial charge on any atom is 0.387 e. The van der Waals surface area contributed by atoms with Crippen LogP contribution in [0.2, 0.25) is 0 Å². The SMILES string of the molecule is COc1cc(Cn2ccnc2)cc2c1OC(c1ccc(OC(F)F)cc1)CO2. The number of aromatic nitrogens is 2. The molecule has 1 unspecified atom stereocenters. The van der Waals surface area contributed by atoms with Gasteiger partial charge >= 0.3 is 6.61 Å². The molecule has 146 valence electrons. The number of imidazole rings is 1. The lowest BCUT2D eigenvalue weighted by molar-refractivity contribution is -0.0498. The zero-order chi connectivity index (χ0) is 19.5. The summed E-state index contributed by atoms with van der Waals surface area (Å²) in [5.74, 6) is 1.77. The molecule has 28 heavy (non-hydrogen) atoms. The van der Waals surface area contributed by atoms with Crippen LogP contribution in [-0.4, -0.2) is 29.9 Å². The summed E-state index contributed by atoms with van der Waals surface area (Å²) in [5, 5.41) is 0. The van der Waals surface area contributed by atoms with Crippen LogP contribution in [0.1, 0.15) is 17.2 Å². The summed E-state index contributed by atoms with van der Waals surface area (Å²) in [6, 6.07) is 10.1. The summed E-state index contributed by atoms with van der Waals surface area (Å²) < 4.78 is 48.4. The number of halogens is 2. The van der Waals surface area contributed by atoms with Gasteiger partial charge in [-0.05, 0) is 35.4 Å². The number of nitrogens with zero attached hydrogens (tertiary/aromatic N) is 2. The molecule has 1 atom stereocenters. The van der Waals surface area contributed by atoms with E-state index in [-0.39, 0.29) is 11.9 Å².